The zero-order chi connectivity index (χ0) is 13.4. The molecule has 1 aliphatic heterocycles. The number of nitrogens with two attached hydrogens (primary N) is 1. The van der Waals surface area contributed by atoms with E-state index in [2.05, 4.69) is 4.90 Å². The largest absolute Gasteiger partial charge is 0.368 e. The number of nitrogens with zero attached hydrogens (tertiary/aromatic N) is 1. The van der Waals surface area contributed by atoms with Crippen molar-refractivity contribution in [2.75, 3.05) is 4.90 Å². The summed E-state index contributed by atoms with van der Waals surface area (Å²) >= 11 is 7.49. The van der Waals surface area contributed by atoms with Crippen LogP contribution in [0.4, 0.5) is 5.69 Å². The van der Waals surface area contributed by atoms with Crippen molar-refractivity contribution >= 4 is 34.5 Å². The molecule has 2 aromatic rings. The van der Waals surface area contributed by atoms with Crippen molar-refractivity contribution < 1.29 is 4.79 Å². The third kappa shape index (κ3) is 2.33. The van der Waals surface area contributed by atoms with E-state index >= 15 is 0 Å². The van der Waals surface area contributed by atoms with E-state index in [-0.39, 0.29) is 11.9 Å². The Kier molecular flexibility index (Phi) is 3.21. The van der Waals surface area contributed by atoms with Crippen molar-refractivity contribution in [1.29, 1.82) is 0 Å². The molecule has 3 rings (SSSR count). The van der Waals surface area contributed by atoms with Crippen LogP contribution in [0.15, 0.2) is 36.4 Å². The molecule has 0 saturated heterocycles. The van der Waals surface area contributed by atoms with E-state index in [1.807, 2.05) is 36.4 Å². The molecule has 0 radical (unpaired) electrons. The van der Waals surface area contributed by atoms with Crippen LogP contribution in [-0.2, 0) is 17.8 Å². The predicted octanol–water partition coefficient (Wildman–Crippen LogP) is 2.82. The molecule has 0 spiro atoms. The molecule has 5 heteroatoms. The SMILES string of the molecule is NC(=O)C1Cc2ccccc2N1Cc1ccc(Cl)s1. The lowest BCUT2D eigenvalue weighted by atomic mass is 10.1. The number of hydrogen-bond acceptors (Lipinski definition) is 3. The maximum Gasteiger partial charge on any atom is 0.240 e. The summed E-state index contributed by atoms with van der Waals surface area (Å²) in [7, 11) is 0. The van der Waals surface area contributed by atoms with Crippen molar-refractivity contribution in [1.82, 2.24) is 0 Å². The van der Waals surface area contributed by atoms with E-state index in [1.54, 1.807) is 0 Å². The number of anilines is 1. The fourth-order valence-electron chi connectivity index (χ4n) is 2.50. The van der Waals surface area contributed by atoms with Crippen LogP contribution in [-0.4, -0.2) is 11.9 Å². The number of para-hydroxylation sites is 1. The molecule has 1 aromatic carbocycles. The molecule has 1 atom stereocenters. The molecule has 98 valence electrons. The molecule has 2 N–H and O–H groups in total. The van der Waals surface area contributed by atoms with E-state index in [1.165, 1.54) is 16.9 Å². The molecule has 1 unspecified atom stereocenters. The van der Waals surface area contributed by atoms with Crippen LogP contribution in [0.3, 0.4) is 0 Å². The van der Waals surface area contributed by atoms with Gasteiger partial charge >= 0.3 is 0 Å². The van der Waals surface area contributed by atoms with Gasteiger partial charge in [0, 0.05) is 17.0 Å². The van der Waals surface area contributed by atoms with Crippen molar-refractivity contribution in [3.05, 3.63) is 51.2 Å². The second kappa shape index (κ2) is 4.87. The van der Waals surface area contributed by atoms with Gasteiger partial charge in [-0.3, -0.25) is 4.79 Å². The number of thiophene rings is 1. The van der Waals surface area contributed by atoms with Crippen molar-refractivity contribution in [3.63, 3.8) is 0 Å². The Morgan fingerprint density at radius 3 is 2.84 bits per heavy atom. The van der Waals surface area contributed by atoms with Gasteiger partial charge in [-0.15, -0.1) is 11.3 Å². The van der Waals surface area contributed by atoms with Gasteiger partial charge in [-0.05, 0) is 23.8 Å². The van der Waals surface area contributed by atoms with Gasteiger partial charge in [-0.1, -0.05) is 29.8 Å². The van der Waals surface area contributed by atoms with Crippen LogP contribution in [0, 0.1) is 0 Å². The van der Waals surface area contributed by atoms with Gasteiger partial charge in [0.2, 0.25) is 5.91 Å². The predicted molar refractivity (Wildman–Crippen MR) is 78.6 cm³/mol. The minimum absolute atomic E-state index is 0.265. The van der Waals surface area contributed by atoms with Crippen LogP contribution in [0.25, 0.3) is 0 Å². The fourth-order valence-corrected chi connectivity index (χ4v) is 3.59. The standard InChI is InChI=1S/C14H13ClN2OS/c15-13-6-5-10(19-13)8-17-11-4-2-1-3-9(11)7-12(17)14(16)18/h1-6,12H,7-8H2,(H2,16,18). The molecule has 3 nitrogen and oxygen atoms in total. The number of rotatable bonds is 3. The highest BCUT2D eigenvalue weighted by Gasteiger charge is 2.32. The summed E-state index contributed by atoms with van der Waals surface area (Å²) in [6.45, 7) is 0.669. The molecule has 0 aliphatic carbocycles. The third-order valence-electron chi connectivity index (χ3n) is 3.37. The fraction of sp³-hybridized carbons (Fsp3) is 0.214. The molecule has 0 saturated carbocycles. The second-order valence-corrected chi connectivity index (χ2v) is 6.38. The molecule has 2 heterocycles. The van der Waals surface area contributed by atoms with Gasteiger partial charge < -0.3 is 10.6 Å². The molecule has 1 aliphatic rings. The number of benzene rings is 1. The lowest BCUT2D eigenvalue weighted by molar-refractivity contribution is -0.119. The van der Waals surface area contributed by atoms with Gasteiger partial charge in [-0.2, -0.15) is 0 Å². The molecule has 1 amide bonds. The molecule has 19 heavy (non-hydrogen) atoms. The molecule has 0 bridgehead atoms. The normalized spacial score (nSPS) is 17.5. The highest BCUT2D eigenvalue weighted by Crippen LogP contribution is 2.34. The summed E-state index contributed by atoms with van der Waals surface area (Å²) < 4.78 is 0.762. The van der Waals surface area contributed by atoms with E-state index in [9.17, 15) is 4.79 Å². The maximum atomic E-state index is 11.6. The third-order valence-corrected chi connectivity index (χ3v) is 4.59. The summed E-state index contributed by atoms with van der Waals surface area (Å²) in [5.74, 6) is -0.279. The van der Waals surface area contributed by atoms with Crippen LogP contribution in [0.5, 0.6) is 0 Å². The average Bonchev–Trinajstić information content (AvgIpc) is 2.95. The maximum absolute atomic E-state index is 11.6. The molecule has 0 fully saturated rings. The summed E-state index contributed by atoms with van der Waals surface area (Å²) in [6, 6.07) is 11.7. The summed E-state index contributed by atoms with van der Waals surface area (Å²) in [6.07, 6.45) is 0.685. The Bertz CT molecular complexity index is 625. The Morgan fingerprint density at radius 2 is 2.16 bits per heavy atom. The van der Waals surface area contributed by atoms with E-state index in [0.717, 1.165) is 14.9 Å². The summed E-state index contributed by atoms with van der Waals surface area (Å²) in [5.41, 5.74) is 7.79. The number of amides is 1. The van der Waals surface area contributed by atoms with E-state index < -0.39 is 0 Å². The lowest BCUT2D eigenvalue weighted by Crippen LogP contribution is -2.42. The topological polar surface area (TPSA) is 46.3 Å². The molecule has 1 aromatic heterocycles. The first-order valence-corrected chi connectivity index (χ1v) is 7.22. The molecular formula is C14H13ClN2OS. The smallest absolute Gasteiger partial charge is 0.240 e. The first kappa shape index (κ1) is 12.5. The van der Waals surface area contributed by atoms with Crippen molar-refractivity contribution in [3.8, 4) is 0 Å². The highest BCUT2D eigenvalue weighted by molar-refractivity contribution is 7.16. The summed E-state index contributed by atoms with van der Waals surface area (Å²) in [5, 5.41) is 0. The zero-order valence-electron chi connectivity index (χ0n) is 10.2. The van der Waals surface area contributed by atoms with Gasteiger partial charge in [0.05, 0.1) is 10.9 Å². The minimum atomic E-state index is -0.279. The van der Waals surface area contributed by atoms with Crippen molar-refractivity contribution in [2.45, 2.75) is 19.0 Å². The monoisotopic (exact) mass is 292 g/mol. The van der Waals surface area contributed by atoms with Crippen LogP contribution >= 0.6 is 22.9 Å². The summed E-state index contributed by atoms with van der Waals surface area (Å²) in [4.78, 5) is 14.8. The van der Waals surface area contributed by atoms with Crippen LogP contribution in [0.1, 0.15) is 10.4 Å². The zero-order valence-corrected chi connectivity index (χ0v) is 11.7. The number of fused-ring (bicyclic) bond motifs is 1. The van der Waals surface area contributed by atoms with Gasteiger partial charge in [0.1, 0.15) is 6.04 Å². The Labute approximate surface area is 120 Å². The number of primary amides is 1. The highest BCUT2D eigenvalue weighted by atomic mass is 35.5. The first-order chi connectivity index (χ1) is 9.15. The van der Waals surface area contributed by atoms with Gasteiger partial charge in [0.15, 0.2) is 0 Å². The van der Waals surface area contributed by atoms with E-state index in [0.29, 0.717) is 13.0 Å². The number of hydrogen-bond donors (Lipinski definition) is 1. The lowest BCUT2D eigenvalue weighted by Gasteiger charge is -2.24. The average molecular weight is 293 g/mol. The Balaban J connectivity index is 1.93. The first-order valence-electron chi connectivity index (χ1n) is 6.03. The van der Waals surface area contributed by atoms with Crippen LogP contribution < -0.4 is 10.6 Å². The second-order valence-electron chi connectivity index (χ2n) is 4.58. The van der Waals surface area contributed by atoms with Gasteiger partial charge in [-0.25, -0.2) is 0 Å². The van der Waals surface area contributed by atoms with Crippen LogP contribution in [0.2, 0.25) is 4.34 Å². The number of halogens is 1. The van der Waals surface area contributed by atoms with Crippen molar-refractivity contribution in [2.24, 2.45) is 5.73 Å². The quantitative estimate of drug-likeness (QED) is 0.945. The number of carbonyl (C=O) groups excluding carboxylic acids is 1. The molecular weight excluding hydrogens is 280 g/mol. The Hall–Kier alpha value is -1.52. The van der Waals surface area contributed by atoms with E-state index in [4.69, 9.17) is 17.3 Å². The number of carbonyl (C=O) groups is 1. The Morgan fingerprint density at radius 1 is 1.37 bits per heavy atom. The van der Waals surface area contributed by atoms with Gasteiger partial charge in [0.25, 0.3) is 0 Å². The minimum Gasteiger partial charge on any atom is -0.368 e.